The standard InChI is InChI=1S/C16H17ClN2O2/c17-14-8-6-12(21-14)10-18-13-7-9-15(20)19-16(13)11-4-2-1-3-5-11/h1-6,8,13,16,18H,7,9-10H2,(H,19,20)/t13-,16+/m1/s1. The molecule has 0 unspecified atom stereocenters. The van der Waals surface area contributed by atoms with E-state index in [-0.39, 0.29) is 18.0 Å². The zero-order valence-corrected chi connectivity index (χ0v) is 12.3. The summed E-state index contributed by atoms with van der Waals surface area (Å²) in [5, 5.41) is 6.91. The Labute approximate surface area is 128 Å². The molecule has 1 aliphatic heterocycles. The Morgan fingerprint density at radius 2 is 2.05 bits per heavy atom. The minimum absolute atomic E-state index is 0.0158. The van der Waals surface area contributed by atoms with Gasteiger partial charge in [0.25, 0.3) is 0 Å². The number of benzene rings is 1. The normalized spacial score (nSPS) is 22.0. The third-order valence-electron chi connectivity index (χ3n) is 3.73. The van der Waals surface area contributed by atoms with E-state index in [1.54, 1.807) is 6.07 Å². The summed E-state index contributed by atoms with van der Waals surface area (Å²) in [6.45, 7) is 0.594. The van der Waals surface area contributed by atoms with Gasteiger partial charge < -0.3 is 15.1 Å². The number of hydrogen-bond donors (Lipinski definition) is 2. The molecule has 1 aromatic heterocycles. The number of carbonyl (C=O) groups is 1. The number of carbonyl (C=O) groups excluding carboxylic acids is 1. The van der Waals surface area contributed by atoms with E-state index < -0.39 is 0 Å². The summed E-state index contributed by atoms with van der Waals surface area (Å²) in [6.07, 6.45) is 1.35. The second-order valence-electron chi connectivity index (χ2n) is 5.19. The second-order valence-corrected chi connectivity index (χ2v) is 5.56. The molecule has 2 aromatic rings. The van der Waals surface area contributed by atoms with E-state index in [1.807, 2.05) is 36.4 Å². The fourth-order valence-electron chi connectivity index (χ4n) is 2.67. The van der Waals surface area contributed by atoms with Crippen LogP contribution in [0.1, 0.15) is 30.2 Å². The minimum Gasteiger partial charge on any atom is -0.448 e. The molecule has 110 valence electrons. The summed E-state index contributed by atoms with van der Waals surface area (Å²) in [5.41, 5.74) is 1.11. The van der Waals surface area contributed by atoms with Crippen LogP contribution in [0.3, 0.4) is 0 Å². The third kappa shape index (κ3) is 3.46. The quantitative estimate of drug-likeness (QED) is 0.913. The average Bonchev–Trinajstić information content (AvgIpc) is 2.92. The molecule has 4 nitrogen and oxygen atoms in total. The van der Waals surface area contributed by atoms with Gasteiger partial charge in [-0.05, 0) is 35.7 Å². The molecule has 21 heavy (non-hydrogen) atoms. The molecule has 1 fully saturated rings. The number of rotatable bonds is 4. The van der Waals surface area contributed by atoms with Crippen LogP contribution < -0.4 is 10.6 Å². The van der Waals surface area contributed by atoms with Crippen molar-refractivity contribution >= 4 is 17.5 Å². The highest BCUT2D eigenvalue weighted by Crippen LogP contribution is 2.24. The van der Waals surface area contributed by atoms with Crippen LogP contribution in [0.15, 0.2) is 46.9 Å². The van der Waals surface area contributed by atoms with E-state index >= 15 is 0 Å². The maximum Gasteiger partial charge on any atom is 0.220 e. The minimum atomic E-state index is -0.0158. The lowest BCUT2D eigenvalue weighted by Crippen LogP contribution is -2.48. The Bertz CT molecular complexity index is 612. The van der Waals surface area contributed by atoms with Gasteiger partial charge in [0.05, 0.1) is 12.6 Å². The lowest BCUT2D eigenvalue weighted by Gasteiger charge is -2.33. The summed E-state index contributed by atoms with van der Waals surface area (Å²) < 4.78 is 5.35. The summed E-state index contributed by atoms with van der Waals surface area (Å²) in [5.74, 6) is 0.895. The molecule has 1 aromatic carbocycles. The molecule has 0 radical (unpaired) electrons. The van der Waals surface area contributed by atoms with Crippen LogP contribution in [0.4, 0.5) is 0 Å². The highest BCUT2D eigenvalue weighted by molar-refractivity contribution is 6.28. The smallest absolute Gasteiger partial charge is 0.220 e. The van der Waals surface area contributed by atoms with Gasteiger partial charge in [0.2, 0.25) is 5.91 Å². The van der Waals surface area contributed by atoms with Crippen molar-refractivity contribution in [3.63, 3.8) is 0 Å². The van der Waals surface area contributed by atoms with E-state index in [1.165, 1.54) is 0 Å². The van der Waals surface area contributed by atoms with Crippen LogP contribution in [0, 0.1) is 0 Å². The Morgan fingerprint density at radius 1 is 1.24 bits per heavy atom. The first-order chi connectivity index (χ1) is 10.2. The molecule has 2 heterocycles. The molecular weight excluding hydrogens is 288 g/mol. The molecular formula is C16H17ClN2O2. The van der Waals surface area contributed by atoms with Crippen molar-refractivity contribution in [3.05, 3.63) is 59.0 Å². The first kappa shape index (κ1) is 14.2. The van der Waals surface area contributed by atoms with Crippen molar-refractivity contribution in [3.8, 4) is 0 Å². The molecule has 2 N–H and O–H groups in total. The second kappa shape index (κ2) is 6.33. The summed E-state index contributed by atoms with van der Waals surface area (Å²) in [7, 11) is 0. The number of furan rings is 1. The third-order valence-corrected chi connectivity index (χ3v) is 3.93. The Balaban J connectivity index is 1.70. The Kier molecular flexibility index (Phi) is 4.27. The van der Waals surface area contributed by atoms with Gasteiger partial charge in [-0.2, -0.15) is 0 Å². The number of amides is 1. The molecule has 0 spiro atoms. The van der Waals surface area contributed by atoms with E-state index in [0.29, 0.717) is 18.2 Å². The highest BCUT2D eigenvalue weighted by Gasteiger charge is 2.29. The molecule has 0 saturated carbocycles. The van der Waals surface area contributed by atoms with Crippen LogP contribution in [0.5, 0.6) is 0 Å². The van der Waals surface area contributed by atoms with Crippen LogP contribution in [0.25, 0.3) is 0 Å². The molecule has 0 aliphatic carbocycles. The van der Waals surface area contributed by atoms with Gasteiger partial charge in [-0.3, -0.25) is 4.79 Å². The summed E-state index contributed by atoms with van der Waals surface area (Å²) >= 11 is 5.77. The first-order valence-electron chi connectivity index (χ1n) is 7.04. The topological polar surface area (TPSA) is 54.3 Å². The van der Waals surface area contributed by atoms with E-state index in [4.69, 9.17) is 16.0 Å². The maximum absolute atomic E-state index is 11.7. The lowest BCUT2D eigenvalue weighted by atomic mass is 9.92. The molecule has 1 saturated heterocycles. The molecule has 0 bridgehead atoms. The van der Waals surface area contributed by atoms with Gasteiger partial charge >= 0.3 is 0 Å². The van der Waals surface area contributed by atoms with Gasteiger partial charge in [0, 0.05) is 12.5 Å². The largest absolute Gasteiger partial charge is 0.448 e. The fourth-order valence-corrected chi connectivity index (χ4v) is 2.84. The fraction of sp³-hybridized carbons (Fsp3) is 0.312. The SMILES string of the molecule is O=C1CC[C@@H](NCc2ccc(Cl)o2)[C@H](c2ccccc2)N1. The highest BCUT2D eigenvalue weighted by atomic mass is 35.5. The van der Waals surface area contributed by atoms with Crippen LogP contribution in [-0.2, 0) is 11.3 Å². The summed E-state index contributed by atoms with van der Waals surface area (Å²) in [4.78, 5) is 11.7. The number of piperidine rings is 1. The van der Waals surface area contributed by atoms with Crippen LogP contribution in [-0.4, -0.2) is 11.9 Å². The number of hydrogen-bond acceptors (Lipinski definition) is 3. The molecule has 3 rings (SSSR count). The summed E-state index contributed by atoms with van der Waals surface area (Å²) in [6, 6.07) is 13.8. The zero-order chi connectivity index (χ0) is 14.7. The van der Waals surface area contributed by atoms with Crippen molar-refractivity contribution in [1.82, 2.24) is 10.6 Å². The molecule has 1 amide bonds. The van der Waals surface area contributed by atoms with Gasteiger partial charge in [-0.1, -0.05) is 30.3 Å². The van der Waals surface area contributed by atoms with Gasteiger partial charge in [-0.25, -0.2) is 0 Å². The predicted octanol–water partition coefficient (Wildman–Crippen LogP) is 3.04. The first-order valence-corrected chi connectivity index (χ1v) is 7.42. The van der Waals surface area contributed by atoms with Crippen molar-refractivity contribution < 1.29 is 9.21 Å². The monoisotopic (exact) mass is 304 g/mol. The average molecular weight is 305 g/mol. The van der Waals surface area contributed by atoms with Gasteiger partial charge in [0.1, 0.15) is 5.76 Å². The molecule has 1 aliphatic rings. The number of halogens is 1. The van der Waals surface area contributed by atoms with E-state index in [9.17, 15) is 4.79 Å². The molecule has 5 heteroatoms. The van der Waals surface area contributed by atoms with Gasteiger partial charge in [-0.15, -0.1) is 0 Å². The van der Waals surface area contributed by atoms with E-state index in [2.05, 4.69) is 10.6 Å². The van der Waals surface area contributed by atoms with Crippen LogP contribution >= 0.6 is 11.6 Å². The number of nitrogens with one attached hydrogen (secondary N) is 2. The Morgan fingerprint density at radius 3 is 2.76 bits per heavy atom. The maximum atomic E-state index is 11.7. The van der Waals surface area contributed by atoms with Crippen molar-refractivity contribution in [1.29, 1.82) is 0 Å². The van der Waals surface area contributed by atoms with Gasteiger partial charge in [0.15, 0.2) is 5.22 Å². The van der Waals surface area contributed by atoms with Crippen molar-refractivity contribution in [2.45, 2.75) is 31.5 Å². The van der Waals surface area contributed by atoms with E-state index in [0.717, 1.165) is 17.7 Å². The predicted molar refractivity (Wildman–Crippen MR) is 80.9 cm³/mol. The van der Waals surface area contributed by atoms with Crippen LogP contribution in [0.2, 0.25) is 5.22 Å². The van der Waals surface area contributed by atoms with Crippen molar-refractivity contribution in [2.24, 2.45) is 0 Å². The lowest BCUT2D eigenvalue weighted by molar-refractivity contribution is -0.123. The van der Waals surface area contributed by atoms with Crippen molar-refractivity contribution in [2.75, 3.05) is 0 Å². The zero-order valence-electron chi connectivity index (χ0n) is 11.5. The Hall–Kier alpha value is -1.78. The molecule has 2 atom stereocenters.